The largest absolute Gasteiger partial charge is 0.481 e. The molecule has 1 aromatic carbocycles. The molecule has 0 radical (unpaired) electrons. The van der Waals surface area contributed by atoms with Gasteiger partial charge in [0.1, 0.15) is 5.82 Å². The van der Waals surface area contributed by atoms with Crippen molar-refractivity contribution < 1.29 is 15.0 Å². The first-order valence-electron chi connectivity index (χ1n) is 12.3. The van der Waals surface area contributed by atoms with Crippen LogP contribution in [-0.2, 0) is 4.79 Å². The van der Waals surface area contributed by atoms with Crippen LogP contribution < -0.4 is 15.5 Å². The molecule has 1 aliphatic heterocycles. The molecule has 1 saturated heterocycles. The van der Waals surface area contributed by atoms with Crippen LogP contribution in [0.2, 0.25) is 0 Å². The van der Waals surface area contributed by atoms with Crippen LogP contribution in [0.5, 0.6) is 0 Å². The van der Waals surface area contributed by atoms with Gasteiger partial charge >= 0.3 is 0 Å². The number of anilines is 2. The van der Waals surface area contributed by atoms with Gasteiger partial charge in [0, 0.05) is 50.9 Å². The Hall–Kier alpha value is -4.50. The third kappa shape index (κ3) is 7.50. The number of aliphatic carboxylic acids is 1. The minimum Gasteiger partial charge on any atom is -0.481 e. The van der Waals surface area contributed by atoms with Gasteiger partial charge in [-0.05, 0) is 36.2 Å². The molecule has 4 rings (SSSR count). The van der Waals surface area contributed by atoms with Crippen molar-refractivity contribution in [1.82, 2.24) is 25.2 Å². The fourth-order valence-electron chi connectivity index (χ4n) is 4.14. The molecule has 38 heavy (non-hydrogen) atoms. The number of carboxylic acids is 1. The van der Waals surface area contributed by atoms with Crippen molar-refractivity contribution in [2.45, 2.75) is 26.8 Å². The van der Waals surface area contributed by atoms with E-state index in [0.717, 1.165) is 35.9 Å². The van der Waals surface area contributed by atoms with Crippen molar-refractivity contribution in [3.8, 4) is 6.19 Å². The number of rotatable bonds is 6. The van der Waals surface area contributed by atoms with E-state index in [1.165, 1.54) is 0 Å². The van der Waals surface area contributed by atoms with Crippen LogP contribution >= 0.6 is 0 Å². The second-order valence-electron chi connectivity index (χ2n) is 8.88. The molecule has 1 fully saturated rings. The Balaban J connectivity index is 0.000000934. The number of carbonyl (C=O) groups is 1. The number of guanidine groups is 1. The van der Waals surface area contributed by atoms with Gasteiger partial charge in [-0.2, -0.15) is 10.2 Å². The number of piperazine rings is 1. The summed E-state index contributed by atoms with van der Waals surface area (Å²) < 4.78 is 0. The molecular formula is C26H33N9O3. The van der Waals surface area contributed by atoms with Gasteiger partial charge in [-0.1, -0.05) is 19.9 Å². The summed E-state index contributed by atoms with van der Waals surface area (Å²) in [5, 5.41) is 32.7. The predicted octanol–water partition coefficient (Wildman–Crippen LogP) is 2.42. The Labute approximate surface area is 221 Å². The van der Waals surface area contributed by atoms with E-state index in [1.54, 1.807) is 12.4 Å². The molecule has 1 atom stereocenters. The van der Waals surface area contributed by atoms with Gasteiger partial charge in [-0.25, -0.2) is 9.98 Å². The van der Waals surface area contributed by atoms with Crippen LogP contribution in [0.3, 0.4) is 0 Å². The molecule has 200 valence electrons. The lowest BCUT2D eigenvalue weighted by atomic mass is 9.99. The highest BCUT2D eigenvalue weighted by atomic mass is 16.4. The summed E-state index contributed by atoms with van der Waals surface area (Å²) >= 11 is 0. The topological polar surface area (TPSA) is 163 Å². The van der Waals surface area contributed by atoms with Crippen LogP contribution in [0.1, 0.15) is 20.8 Å². The van der Waals surface area contributed by atoms with Crippen LogP contribution in [0.15, 0.2) is 53.8 Å². The van der Waals surface area contributed by atoms with E-state index in [-0.39, 0.29) is 12.6 Å². The molecule has 12 heteroatoms. The zero-order chi connectivity index (χ0) is 27.5. The Morgan fingerprint density at radius 2 is 2.00 bits per heavy atom. The Morgan fingerprint density at radius 1 is 1.21 bits per heavy atom. The molecule has 3 aromatic rings. The Kier molecular flexibility index (Phi) is 10.1. The molecule has 12 nitrogen and oxygen atoms in total. The lowest BCUT2D eigenvalue weighted by molar-refractivity contribution is -0.134. The fourth-order valence-corrected chi connectivity index (χ4v) is 4.14. The number of aromatic nitrogens is 3. The standard InChI is InChI=1S/C24H29N9O.C2H4O2/c1-17(2)21-15-32(22-8-10-27-23(31-22)28-11-14-34)12-13-33(21)24(29-16-25)30-20-7-3-6-19-18(20)5-4-9-26-19;1-2(3)4/h3-10,17,21,34H,11-15H2,1-2H3,(H,29,30)(H,27,28,31);1H3,(H,3,4). The highest BCUT2D eigenvalue weighted by molar-refractivity contribution is 5.94. The number of nitriles is 1. The zero-order valence-corrected chi connectivity index (χ0v) is 21.7. The van der Waals surface area contributed by atoms with Crippen LogP contribution in [0.4, 0.5) is 17.5 Å². The number of pyridine rings is 1. The zero-order valence-electron chi connectivity index (χ0n) is 21.7. The van der Waals surface area contributed by atoms with E-state index in [9.17, 15) is 5.26 Å². The Bertz CT molecular complexity index is 1280. The van der Waals surface area contributed by atoms with Crippen LogP contribution in [0, 0.1) is 17.4 Å². The number of aliphatic hydroxyl groups excluding tert-OH is 1. The molecule has 0 spiro atoms. The van der Waals surface area contributed by atoms with Crippen molar-refractivity contribution >= 4 is 40.3 Å². The van der Waals surface area contributed by atoms with Crippen molar-refractivity contribution in [3.63, 3.8) is 0 Å². The van der Waals surface area contributed by atoms with E-state index in [1.807, 2.05) is 36.4 Å². The minimum atomic E-state index is -0.833. The first-order chi connectivity index (χ1) is 18.3. The monoisotopic (exact) mass is 519 g/mol. The van der Waals surface area contributed by atoms with Crippen molar-refractivity contribution in [1.29, 1.82) is 5.26 Å². The maximum absolute atomic E-state index is 9.48. The van der Waals surface area contributed by atoms with Gasteiger partial charge in [-0.3, -0.25) is 15.1 Å². The average Bonchev–Trinajstić information content (AvgIpc) is 2.91. The number of fused-ring (bicyclic) bond motifs is 1. The summed E-state index contributed by atoms with van der Waals surface area (Å²) in [6.45, 7) is 7.93. The van der Waals surface area contributed by atoms with Gasteiger partial charge < -0.3 is 25.3 Å². The predicted molar refractivity (Wildman–Crippen MR) is 146 cm³/mol. The smallest absolute Gasteiger partial charge is 0.300 e. The van der Waals surface area contributed by atoms with E-state index in [0.29, 0.717) is 37.5 Å². The highest BCUT2D eigenvalue weighted by Gasteiger charge is 2.32. The average molecular weight is 520 g/mol. The van der Waals surface area contributed by atoms with Gasteiger partial charge in [0.15, 0.2) is 6.19 Å². The summed E-state index contributed by atoms with van der Waals surface area (Å²) in [4.78, 5) is 31.5. The van der Waals surface area contributed by atoms with E-state index >= 15 is 0 Å². The van der Waals surface area contributed by atoms with Crippen LogP contribution in [0.25, 0.3) is 10.9 Å². The van der Waals surface area contributed by atoms with Gasteiger partial charge in [0.2, 0.25) is 11.9 Å². The minimum absolute atomic E-state index is 0.0163. The first-order valence-corrected chi connectivity index (χ1v) is 12.3. The van der Waals surface area contributed by atoms with Gasteiger partial charge in [0.05, 0.1) is 23.9 Å². The number of aliphatic imine (C=N–C) groups is 1. The normalized spacial score (nSPS) is 15.5. The molecule has 0 amide bonds. The molecule has 4 N–H and O–H groups in total. The van der Waals surface area contributed by atoms with E-state index < -0.39 is 5.97 Å². The molecule has 1 unspecified atom stereocenters. The highest BCUT2D eigenvalue weighted by Crippen LogP contribution is 2.27. The lowest BCUT2D eigenvalue weighted by Gasteiger charge is -2.44. The van der Waals surface area contributed by atoms with Crippen LogP contribution in [-0.4, -0.2) is 80.8 Å². The number of hydrogen-bond acceptors (Lipinski definition) is 9. The quantitative estimate of drug-likeness (QED) is 0.164. The van der Waals surface area contributed by atoms with Crippen molar-refractivity contribution in [2.24, 2.45) is 10.9 Å². The Morgan fingerprint density at radius 3 is 2.71 bits per heavy atom. The third-order valence-corrected chi connectivity index (χ3v) is 5.84. The maximum Gasteiger partial charge on any atom is 0.300 e. The second kappa shape index (κ2) is 13.7. The van der Waals surface area contributed by atoms with Gasteiger partial charge in [0.25, 0.3) is 5.97 Å². The number of nitrogens with one attached hydrogen (secondary N) is 2. The summed E-state index contributed by atoms with van der Waals surface area (Å²) in [5.41, 5.74) is 1.63. The second-order valence-corrected chi connectivity index (χ2v) is 8.88. The summed E-state index contributed by atoms with van der Waals surface area (Å²) in [5.74, 6) is 1.32. The fraction of sp³-hybridized carbons (Fsp3) is 0.385. The van der Waals surface area contributed by atoms with E-state index in [2.05, 4.69) is 55.4 Å². The molecule has 0 saturated carbocycles. The van der Waals surface area contributed by atoms with Gasteiger partial charge in [-0.15, -0.1) is 0 Å². The molecule has 0 aliphatic carbocycles. The summed E-state index contributed by atoms with van der Waals surface area (Å²) in [6, 6.07) is 11.7. The third-order valence-electron chi connectivity index (χ3n) is 5.84. The number of carboxylic acid groups (broad SMARTS) is 1. The van der Waals surface area contributed by atoms with E-state index in [4.69, 9.17) is 20.0 Å². The van der Waals surface area contributed by atoms with Crippen molar-refractivity contribution in [3.05, 3.63) is 48.8 Å². The first kappa shape index (κ1) is 28.1. The number of nitrogens with zero attached hydrogens (tertiary/aromatic N) is 7. The number of hydrogen-bond donors (Lipinski definition) is 4. The number of benzene rings is 1. The molecule has 0 bridgehead atoms. The molecule has 2 aromatic heterocycles. The number of aliphatic hydroxyl groups is 1. The SMILES string of the molecule is CC(=O)O.CC(C)C1CN(c2ccnc(NCCO)n2)CCN1C(=Nc1cccc2ncccc12)NC#N. The molecule has 3 heterocycles. The molecular weight excluding hydrogens is 486 g/mol. The summed E-state index contributed by atoms with van der Waals surface area (Å²) in [6.07, 6.45) is 5.54. The lowest BCUT2D eigenvalue weighted by Crippen LogP contribution is -2.59. The summed E-state index contributed by atoms with van der Waals surface area (Å²) in [7, 11) is 0. The molecule has 1 aliphatic rings. The maximum atomic E-state index is 9.48. The van der Waals surface area contributed by atoms with Crippen molar-refractivity contribution in [2.75, 3.05) is 43.0 Å².